The van der Waals surface area contributed by atoms with Gasteiger partial charge in [-0.3, -0.25) is 14.3 Å². The fourth-order valence-corrected chi connectivity index (χ4v) is 7.31. The molecule has 4 atom stereocenters. The molecule has 2 amide bonds. The zero-order valence-corrected chi connectivity index (χ0v) is 21.4. The van der Waals surface area contributed by atoms with Crippen LogP contribution in [0.15, 0.2) is 49.2 Å². The Kier molecular flexibility index (Phi) is 5.80. The third-order valence-electron chi connectivity index (χ3n) is 8.34. The summed E-state index contributed by atoms with van der Waals surface area (Å²) in [5.74, 6) is -0.386. The first kappa shape index (κ1) is 24.4. The molecule has 0 bridgehead atoms. The number of hydrogen-bond acceptors (Lipinski definition) is 7. The Morgan fingerprint density at radius 1 is 1.22 bits per heavy atom. The molecule has 196 valence electrons. The van der Waals surface area contributed by atoms with Gasteiger partial charge in [0, 0.05) is 30.5 Å². The van der Waals surface area contributed by atoms with E-state index in [1.807, 2.05) is 30.3 Å². The van der Waals surface area contributed by atoms with Gasteiger partial charge in [0.05, 0.1) is 10.8 Å². The van der Waals surface area contributed by atoms with Crippen LogP contribution in [0.1, 0.15) is 44.9 Å². The van der Waals surface area contributed by atoms with Crippen LogP contribution in [0.25, 0.3) is 10.8 Å². The van der Waals surface area contributed by atoms with Crippen molar-refractivity contribution in [2.45, 2.75) is 67.4 Å². The number of fused-ring (bicyclic) bond motifs is 1. The number of carbonyl (C=O) groups is 2. The molecular formula is C27H32N4O5S. The average Bonchev–Trinajstić information content (AvgIpc) is 3.82. The maximum Gasteiger partial charge on any atom is 0.259 e. The molecule has 37 heavy (non-hydrogen) atoms. The molecule has 2 heterocycles. The number of benzene rings is 1. The third kappa shape index (κ3) is 4.50. The minimum atomic E-state index is -3.82. The van der Waals surface area contributed by atoms with Gasteiger partial charge < -0.3 is 15.4 Å². The minimum absolute atomic E-state index is 0.272. The Labute approximate surface area is 216 Å². The first-order valence-corrected chi connectivity index (χ1v) is 14.5. The van der Waals surface area contributed by atoms with Crippen LogP contribution in [-0.4, -0.2) is 54.2 Å². The van der Waals surface area contributed by atoms with Gasteiger partial charge >= 0.3 is 0 Å². The standard InChI is InChI=1S/C27H32N4O5S/c1-2-19-15-27(19,25(33)31-37(34,35)26(10-11-26)14-17-7-8-17)30-23(32)22-13-20(16-29-22)36-24-21-6-4-3-5-18(21)9-12-28-24/h2-6,9,12,17,19-20,22,29H,1,7-8,10-11,13-16H2,(H,30,32)(H,31,33)/t19-,20-,22+,27-/m1/s1. The third-order valence-corrected chi connectivity index (χ3v) is 10.5. The quantitative estimate of drug-likeness (QED) is 0.407. The van der Waals surface area contributed by atoms with E-state index >= 15 is 0 Å². The maximum absolute atomic E-state index is 13.3. The van der Waals surface area contributed by atoms with Gasteiger partial charge in [0.25, 0.3) is 5.91 Å². The monoisotopic (exact) mass is 524 g/mol. The lowest BCUT2D eigenvalue weighted by Gasteiger charge is -2.23. The predicted octanol–water partition coefficient (Wildman–Crippen LogP) is 2.18. The molecule has 2 aromatic rings. The molecule has 3 N–H and O–H groups in total. The lowest BCUT2D eigenvalue weighted by Crippen LogP contribution is -2.56. The first-order valence-electron chi connectivity index (χ1n) is 13.0. The number of carbonyl (C=O) groups excluding carboxylic acids is 2. The van der Waals surface area contributed by atoms with Gasteiger partial charge in [-0.2, -0.15) is 0 Å². The second-order valence-electron chi connectivity index (χ2n) is 11.0. The van der Waals surface area contributed by atoms with Crippen molar-refractivity contribution in [3.63, 3.8) is 0 Å². The van der Waals surface area contributed by atoms with Crippen molar-refractivity contribution in [1.82, 2.24) is 20.3 Å². The Balaban J connectivity index is 1.10. The van der Waals surface area contributed by atoms with E-state index in [0.717, 1.165) is 23.6 Å². The SMILES string of the molecule is C=C[C@@H]1C[C@]1(NC(=O)[C@@H]1C[C@@H](Oc2nccc3ccccc23)CN1)C(=O)NS(=O)(=O)C1(CC2CC2)CC1. The molecule has 1 aromatic heterocycles. The number of nitrogens with one attached hydrogen (secondary N) is 3. The van der Waals surface area contributed by atoms with Crippen molar-refractivity contribution in [2.24, 2.45) is 11.8 Å². The molecule has 4 aliphatic rings. The van der Waals surface area contributed by atoms with Crippen LogP contribution in [0.4, 0.5) is 0 Å². The molecule has 1 aromatic carbocycles. The molecular weight excluding hydrogens is 492 g/mol. The average molecular weight is 525 g/mol. The zero-order valence-electron chi connectivity index (χ0n) is 20.6. The van der Waals surface area contributed by atoms with E-state index in [-0.39, 0.29) is 17.9 Å². The Morgan fingerprint density at radius 2 is 2.00 bits per heavy atom. The molecule has 3 aliphatic carbocycles. The zero-order chi connectivity index (χ0) is 25.8. The van der Waals surface area contributed by atoms with Crippen LogP contribution in [-0.2, 0) is 19.6 Å². The van der Waals surface area contributed by atoms with Gasteiger partial charge in [0.2, 0.25) is 21.8 Å². The highest BCUT2D eigenvalue weighted by Crippen LogP contribution is 2.53. The smallest absolute Gasteiger partial charge is 0.259 e. The number of rotatable bonds is 10. The van der Waals surface area contributed by atoms with Crippen molar-refractivity contribution >= 4 is 32.6 Å². The number of ether oxygens (including phenoxy) is 1. The molecule has 10 heteroatoms. The maximum atomic E-state index is 13.3. The van der Waals surface area contributed by atoms with Crippen molar-refractivity contribution in [3.05, 3.63) is 49.2 Å². The van der Waals surface area contributed by atoms with Crippen LogP contribution in [0, 0.1) is 11.8 Å². The highest BCUT2D eigenvalue weighted by atomic mass is 32.2. The topological polar surface area (TPSA) is 126 Å². The van der Waals surface area contributed by atoms with E-state index < -0.39 is 32.3 Å². The highest BCUT2D eigenvalue weighted by Gasteiger charge is 2.63. The van der Waals surface area contributed by atoms with Crippen LogP contribution in [0.2, 0.25) is 0 Å². The second-order valence-corrected chi connectivity index (χ2v) is 13.1. The number of aromatic nitrogens is 1. The molecule has 6 rings (SSSR count). The molecule has 3 saturated carbocycles. The molecule has 1 aliphatic heterocycles. The lowest BCUT2D eigenvalue weighted by atomic mass is 10.1. The van der Waals surface area contributed by atoms with Crippen LogP contribution in [0.3, 0.4) is 0 Å². The largest absolute Gasteiger partial charge is 0.472 e. The number of amides is 2. The first-order chi connectivity index (χ1) is 17.8. The summed E-state index contributed by atoms with van der Waals surface area (Å²) in [5.41, 5.74) is -1.29. The molecule has 0 radical (unpaired) electrons. The number of sulfonamides is 1. The summed E-state index contributed by atoms with van der Waals surface area (Å²) in [6, 6.07) is 9.15. The normalized spacial score (nSPS) is 29.9. The highest BCUT2D eigenvalue weighted by molar-refractivity contribution is 7.91. The molecule has 0 unspecified atom stereocenters. The number of hydrogen-bond donors (Lipinski definition) is 3. The molecule has 1 saturated heterocycles. The van der Waals surface area contributed by atoms with Gasteiger partial charge in [0.15, 0.2) is 0 Å². The molecule has 4 fully saturated rings. The van der Waals surface area contributed by atoms with E-state index in [1.54, 1.807) is 12.3 Å². The number of nitrogens with zero attached hydrogens (tertiary/aromatic N) is 1. The van der Waals surface area contributed by atoms with Crippen LogP contribution in [0.5, 0.6) is 5.88 Å². The predicted molar refractivity (Wildman–Crippen MR) is 138 cm³/mol. The Bertz CT molecular complexity index is 1360. The second kappa shape index (κ2) is 8.80. The molecule has 9 nitrogen and oxygen atoms in total. The summed E-state index contributed by atoms with van der Waals surface area (Å²) in [4.78, 5) is 30.8. The van der Waals surface area contributed by atoms with Crippen LogP contribution >= 0.6 is 0 Å². The van der Waals surface area contributed by atoms with Gasteiger partial charge in [-0.15, -0.1) is 6.58 Å². The van der Waals surface area contributed by atoms with Crippen LogP contribution < -0.4 is 20.1 Å². The summed E-state index contributed by atoms with van der Waals surface area (Å²) in [5, 5.41) is 7.94. The van der Waals surface area contributed by atoms with Crippen molar-refractivity contribution in [1.29, 1.82) is 0 Å². The lowest BCUT2D eigenvalue weighted by molar-refractivity contribution is -0.130. The van der Waals surface area contributed by atoms with Gasteiger partial charge in [-0.05, 0) is 49.1 Å². The summed E-state index contributed by atoms with van der Waals surface area (Å²) in [6.45, 7) is 4.22. The fraction of sp³-hybridized carbons (Fsp3) is 0.519. The van der Waals surface area contributed by atoms with E-state index in [1.165, 1.54) is 0 Å². The van der Waals surface area contributed by atoms with Crippen molar-refractivity contribution < 1.29 is 22.7 Å². The summed E-state index contributed by atoms with van der Waals surface area (Å²) >= 11 is 0. The summed E-state index contributed by atoms with van der Waals surface area (Å²) < 4.78 is 33.8. The van der Waals surface area contributed by atoms with E-state index in [2.05, 4.69) is 26.9 Å². The number of pyridine rings is 1. The van der Waals surface area contributed by atoms with Gasteiger partial charge in [-0.25, -0.2) is 13.4 Å². The summed E-state index contributed by atoms with van der Waals surface area (Å²) in [7, 11) is -3.82. The Morgan fingerprint density at radius 3 is 2.70 bits per heavy atom. The van der Waals surface area contributed by atoms with Gasteiger partial charge in [0.1, 0.15) is 11.6 Å². The van der Waals surface area contributed by atoms with Gasteiger partial charge in [-0.1, -0.05) is 37.1 Å². The Hall–Kier alpha value is -2.98. The van der Waals surface area contributed by atoms with E-state index in [4.69, 9.17) is 4.74 Å². The van der Waals surface area contributed by atoms with E-state index in [0.29, 0.717) is 50.4 Å². The minimum Gasteiger partial charge on any atom is -0.472 e. The van der Waals surface area contributed by atoms with Crippen molar-refractivity contribution in [3.8, 4) is 5.88 Å². The van der Waals surface area contributed by atoms with Crippen molar-refractivity contribution in [2.75, 3.05) is 6.54 Å². The summed E-state index contributed by atoms with van der Waals surface area (Å²) in [6.07, 6.45) is 7.62. The van der Waals surface area contributed by atoms with E-state index in [9.17, 15) is 18.0 Å². The molecule has 0 spiro atoms. The fourth-order valence-electron chi connectivity index (χ4n) is 5.57.